The molecule has 0 radical (unpaired) electrons. The fourth-order valence-corrected chi connectivity index (χ4v) is 3.32. The summed E-state index contributed by atoms with van der Waals surface area (Å²) in [5.74, 6) is 0.781. The number of nitrogens with two attached hydrogens (primary N) is 1. The fraction of sp³-hybridized carbons (Fsp3) is 0.750. The minimum Gasteiger partial charge on any atom is -0.325 e. The fourth-order valence-electron chi connectivity index (χ4n) is 2.71. The summed E-state index contributed by atoms with van der Waals surface area (Å²) in [5.41, 5.74) is 7.66. The van der Waals surface area contributed by atoms with Gasteiger partial charge in [-0.05, 0) is 25.7 Å². The molecule has 1 fully saturated rings. The topological polar surface area (TPSA) is 38.9 Å². The number of thiazole rings is 1. The lowest BCUT2D eigenvalue weighted by Gasteiger charge is -2.36. The van der Waals surface area contributed by atoms with Crippen molar-refractivity contribution in [1.82, 2.24) is 4.98 Å². The monoisotopic (exact) mass is 224 g/mol. The molecule has 0 amide bonds. The largest absolute Gasteiger partial charge is 0.325 e. The van der Waals surface area contributed by atoms with Crippen LogP contribution in [-0.2, 0) is 6.42 Å². The van der Waals surface area contributed by atoms with Gasteiger partial charge in [0.2, 0.25) is 0 Å². The first-order chi connectivity index (χ1) is 7.07. The number of hydrogen-bond acceptors (Lipinski definition) is 3. The van der Waals surface area contributed by atoms with E-state index in [9.17, 15) is 0 Å². The third kappa shape index (κ3) is 2.79. The van der Waals surface area contributed by atoms with Crippen molar-refractivity contribution in [2.75, 3.05) is 0 Å². The van der Waals surface area contributed by atoms with Crippen LogP contribution in [0.1, 0.15) is 43.3 Å². The van der Waals surface area contributed by atoms with Gasteiger partial charge >= 0.3 is 0 Å². The molecular weight excluding hydrogens is 204 g/mol. The first kappa shape index (κ1) is 11.1. The van der Waals surface area contributed by atoms with Gasteiger partial charge in [0.05, 0.1) is 10.7 Å². The van der Waals surface area contributed by atoms with E-state index in [0.29, 0.717) is 0 Å². The lowest BCUT2D eigenvalue weighted by molar-refractivity contribution is 0.234. The van der Waals surface area contributed by atoms with Crippen LogP contribution in [0.2, 0.25) is 0 Å². The van der Waals surface area contributed by atoms with Crippen LogP contribution in [0.3, 0.4) is 0 Å². The van der Waals surface area contributed by atoms with Crippen LogP contribution in [0.4, 0.5) is 0 Å². The molecule has 2 rings (SSSR count). The van der Waals surface area contributed by atoms with Crippen LogP contribution < -0.4 is 5.73 Å². The molecule has 1 aliphatic rings. The van der Waals surface area contributed by atoms with Gasteiger partial charge in [-0.15, -0.1) is 11.3 Å². The lowest BCUT2D eigenvalue weighted by Crippen LogP contribution is -2.45. The second kappa shape index (κ2) is 4.22. The summed E-state index contributed by atoms with van der Waals surface area (Å²) < 4.78 is 0. The predicted molar refractivity (Wildman–Crippen MR) is 65.1 cm³/mol. The summed E-state index contributed by atoms with van der Waals surface area (Å²) in [6.45, 7) is 4.37. The molecule has 2 unspecified atom stereocenters. The molecule has 2 N–H and O–H groups in total. The molecule has 1 aromatic rings. The number of nitrogens with zero attached hydrogens (tertiary/aromatic N) is 1. The van der Waals surface area contributed by atoms with Crippen LogP contribution >= 0.6 is 11.3 Å². The average Bonchev–Trinajstić information content (AvgIpc) is 2.49. The third-order valence-corrected chi connectivity index (χ3v) is 4.15. The molecule has 2 nitrogen and oxygen atoms in total. The van der Waals surface area contributed by atoms with E-state index in [1.807, 2.05) is 0 Å². The first-order valence-electron chi connectivity index (χ1n) is 5.77. The summed E-state index contributed by atoms with van der Waals surface area (Å²) in [6, 6.07) is 0. The number of aryl methyl sites for hydroxylation is 1. The normalized spacial score (nSPS) is 31.8. The Hall–Kier alpha value is -0.410. The van der Waals surface area contributed by atoms with Gasteiger partial charge in [0.15, 0.2) is 0 Å². The van der Waals surface area contributed by atoms with Gasteiger partial charge in [-0.3, -0.25) is 0 Å². The molecule has 84 valence electrons. The molecule has 0 spiro atoms. The van der Waals surface area contributed by atoms with E-state index < -0.39 is 0 Å². The highest BCUT2D eigenvalue weighted by Gasteiger charge is 2.31. The Balaban J connectivity index is 2.03. The van der Waals surface area contributed by atoms with Crippen molar-refractivity contribution in [3.63, 3.8) is 0 Å². The van der Waals surface area contributed by atoms with E-state index in [1.165, 1.54) is 18.5 Å². The third-order valence-electron chi connectivity index (χ3n) is 3.33. The van der Waals surface area contributed by atoms with Gasteiger partial charge < -0.3 is 5.73 Å². The van der Waals surface area contributed by atoms with Crippen molar-refractivity contribution in [2.45, 2.75) is 51.5 Å². The Morgan fingerprint density at radius 1 is 1.67 bits per heavy atom. The average molecular weight is 224 g/mol. The Labute approximate surface area is 95.9 Å². The Morgan fingerprint density at radius 3 is 3.07 bits per heavy atom. The molecule has 3 heteroatoms. The molecule has 15 heavy (non-hydrogen) atoms. The van der Waals surface area contributed by atoms with E-state index in [1.54, 1.807) is 11.3 Å². The van der Waals surface area contributed by atoms with E-state index in [2.05, 4.69) is 24.2 Å². The van der Waals surface area contributed by atoms with Crippen molar-refractivity contribution >= 4 is 11.3 Å². The van der Waals surface area contributed by atoms with Crippen molar-refractivity contribution in [2.24, 2.45) is 11.7 Å². The highest BCUT2D eigenvalue weighted by molar-refractivity contribution is 7.09. The second-order valence-corrected chi connectivity index (χ2v) is 6.16. The summed E-state index contributed by atoms with van der Waals surface area (Å²) in [7, 11) is 0. The molecule has 1 saturated carbocycles. The Kier molecular flexibility index (Phi) is 3.12. The molecule has 1 aromatic heterocycles. The molecule has 1 aliphatic carbocycles. The van der Waals surface area contributed by atoms with E-state index >= 15 is 0 Å². The highest BCUT2D eigenvalue weighted by Crippen LogP contribution is 2.32. The van der Waals surface area contributed by atoms with Crippen molar-refractivity contribution < 1.29 is 0 Å². The summed E-state index contributed by atoms with van der Waals surface area (Å²) in [5, 5.41) is 3.31. The molecule has 1 heterocycles. The molecule has 0 saturated heterocycles. The maximum atomic E-state index is 6.46. The van der Waals surface area contributed by atoms with Crippen LogP contribution in [0, 0.1) is 12.8 Å². The first-order valence-corrected chi connectivity index (χ1v) is 6.65. The minimum atomic E-state index is 0.0121. The van der Waals surface area contributed by atoms with Crippen LogP contribution in [0.5, 0.6) is 0 Å². The standard InChI is InChI=1S/C12H20N2S/c1-9-4-3-5-12(13,6-9)7-11-8-15-10(2)14-11/h8-9H,3-7,13H2,1-2H3. The van der Waals surface area contributed by atoms with Crippen LogP contribution in [-0.4, -0.2) is 10.5 Å². The van der Waals surface area contributed by atoms with Gasteiger partial charge in [0, 0.05) is 17.3 Å². The SMILES string of the molecule is Cc1nc(CC2(N)CCCC(C)C2)cs1. The van der Waals surface area contributed by atoms with Gasteiger partial charge in [0.1, 0.15) is 0 Å². The Bertz CT molecular complexity index is 334. The highest BCUT2D eigenvalue weighted by atomic mass is 32.1. The van der Waals surface area contributed by atoms with Crippen molar-refractivity contribution in [3.8, 4) is 0 Å². The summed E-state index contributed by atoms with van der Waals surface area (Å²) in [4.78, 5) is 4.51. The number of hydrogen-bond donors (Lipinski definition) is 1. The smallest absolute Gasteiger partial charge is 0.0897 e. The molecule has 0 aliphatic heterocycles. The minimum absolute atomic E-state index is 0.0121. The van der Waals surface area contributed by atoms with Crippen LogP contribution in [0.15, 0.2) is 5.38 Å². The zero-order valence-corrected chi connectivity index (χ0v) is 10.4. The van der Waals surface area contributed by atoms with Gasteiger partial charge in [0.25, 0.3) is 0 Å². The van der Waals surface area contributed by atoms with Crippen LogP contribution in [0.25, 0.3) is 0 Å². The molecule has 0 aromatic carbocycles. The van der Waals surface area contributed by atoms with Gasteiger partial charge in [-0.1, -0.05) is 19.8 Å². The molecule has 2 atom stereocenters. The number of aromatic nitrogens is 1. The predicted octanol–water partition coefficient (Wildman–Crippen LogP) is 2.90. The van der Waals surface area contributed by atoms with E-state index in [0.717, 1.165) is 30.2 Å². The lowest BCUT2D eigenvalue weighted by atomic mass is 9.75. The Morgan fingerprint density at radius 2 is 2.47 bits per heavy atom. The second-order valence-electron chi connectivity index (χ2n) is 5.10. The molecular formula is C12H20N2S. The maximum absolute atomic E-state index is 6.46. The quantitative estimate of drug-likeness (QED) is 0.839. The summed E-state index contributed by atoms with van der Waals surface area (Å²) >= 11 is 1.73. The van der Waals surface area contributed by atoms with Crippen molar-refractivity contribution in [3.05, 3.63) is 16.1 Å². The zero-order valence-electron chi connectivity index (χ0n) is 9.62. The maximum Gasteiger partial charge on any atom is 0.0897 e. The van der Waals surface area contributed by atoms with Crippen molar-refractivity contribution in [1.29, 1.82) is 0 Å². The van der Waals surface area contributed by atoms with E-state index in [-0.39, 0.29) is 5.54 Å². The summed E-state index contributed by atoms with van der Waals surface area (Å²) in [6.07, 6.45) is 5.90. The zero-order chi connectivity index (χ0) is 10.9. The number of rotatable bonds is 2. The van der Waals surface area contributed by atoms with Gasteiger partial charge in [-0.25, -0.2) is 4.98 Å². The van der Waals surface area contributed by atoms with Gasteiger partial charge in [-0.2, -0.15) is 0 Å². The van der Waals surface area contributed by atoms with E-state index in [4.69, 9.17) is 5.73 Å². The molecule has 0 bridgehead atoms.